The number of aromatic nitrogens is 2. The summed E-state index contributed by atoms with van der Waals surface area (Å²) in [4.78, 5) is 12.4. The molecular weight excluding hydrogens is 375 g/mol. The van der Waals surface area contributed by atoms with Crippen molar-refractivity contribution >= 4 is 11.6 Å². The average molecular weight is 391 g/mol. The highest BCUT2D eigenvalue weighted by Crippen LogP contribution is 2.35. The number of para-hydroxylation sites is 1. The van der Waals surface area contributed by atoms with Gasteiger partial charge in [0, 0.05) is 11.6 Å². The monoisotopic (exact) mass is 391 g/mol. The quantitative estimate of drug-likeness (QED) is 0.677. The fourth-order valence-corrected chi connectivity index (χ4v) is 2.62. The molecule has 0 fully saturated rings. The summed E-state index contributed by atoms with van der Waals surface area (Å²) in [6.45, 7) is 0. The number of benzene rings is 2. The van der Waals surface area contributed by atoms with E-state index in [1.165, 1.54) is 38.5 Å². The molecule has 6 nitrogen and oxygen atoms in total. The molecular formula is C19H16F3N3O3. The Morgan fingerprint density at radius 3 is 2.50 bits per heavy atom. The first kappa shape index (κ1) is 19.3. The van der Waals surface area contributed by atoms with Gasteiger partial charge in [0.05, 0.1) is 31.2 Å². The van der Waals surface area contributed by atoms with Crippen LogP contribution in [0.15, 0.2) is 48.5 Å². The summed E-state index contributed by atoms with van der Waals surface area (Å²) in [7, 11) is 3.00. The number of carbonyl (C=O) groups is 1. The number of rotatable bonds is 5. The Morgan fingerprint density at radius 2 is 1.82 bits per heavy atom. The zero-order valence-corrected chi connectivity index (χ0v) is 14.9. The van der Waals surface area contributed by atoms with Crippen molar-refractivity contribution in [3.63, 3.8) is 0 Å². The Bertz CT molecular complexity index is 999. The zero-order valence-electron chi connectivity index (χ0n) is 14.9. The number of hydrogen-bond acceptors (Lipinski definition) is 4. The normalized spacial score (nSPS) is 11.2. The topological polar surface area (TPSA) is 76.2 Å². The van der Waals surface area contributed by atoms with E-state index in [2.05, 4.69) is 15.5 Å². The molecule has 1 heterocycles. The summed E-state index contributed by atoms with van der Waals surface area (Å²) >= 11 is 0. The SMILES string of the molecule is COc1ccc(-c2cc(C(=O)Nc3ccccc3C(F)(F)F)[nH]n2)c(OC)c1. The largest absolute Gasteiger partial charge is 0.497 e. The number of H-pyrrole nitrogens is 1. The summed E-state index contributed by atoms with van der Waals surface area (Å²) in [6, 6.07) is 11.2. The third-order valence-corrected chi connectivity index (χ3v) is 3.99. The number of nitrogens with one attached hydrogen (secondary N) is 2. The second-order valence-corrected chi connectivity index (χ2v) is 5.73. The van der Waals surface area contributed by atoms with Crippen molar-refractivity contribution in [3.8, 4) is 22.8 Å². The Morgan fingerprint density at radius 1 is 1.07 bits per heavy atom. The van der Waals surface area contributed by atoms with Gasteiger partial charge in [-0.2, -0.15) is 18.3 Å². The van der Waals surface area contributed by atoms with E-state index in [-0.39, 0.29) is 11.4 Å². The van der Waals surface area contributed by atoms with Gasteiger partial charge in [0.1, 0.15) is 17.2 Å². The fourth-order valence-electron chi connectivity index (χ4n) is 2.62. The zero-order chi connectivity index (χ0) is 20.3. The van der Waals surface area contributed by atoms with Gasteiger partial charge in [-0.15, -0.1) is 0 Å². The number of ether oxygens (including phenoxy) is 2. The number of aromatic amines is 1. The number of nitrogens with zero attached hydrogens (tertiary/aromatic N) is 1. The van der Waals surface area contributed by atoms with Gasteiger partial charge < -0.3 is 14.8 Å². The number of carbonyl (C=O) groups excluding carboxylic acids is 1. The van der Waals surface area contributed by atoms with Gasteiger partial charge in [-0.1, -0.05) is 12.1 Å². The fraction of sp³-hybridized carbons (Fsp3) is 0.158. The van der Waals surface area contributed by atoms with Gasteiger partial charge in [0.2, 0.25) is 0 Å². The molecule has 0 saturated carbocycles. The number of anilines is 1. The first-order valence-electron chi connectivity index (χ1n) is 8.09. The van der Waals surface area contributed by atoms with Crippen LogP contribution in [0.5, 0.6) is 11.5 Å². The molecule has 0 atom stereocenters. The Balaban J connectivity index is 1.87. The molecule has 0 aliphatic heterocycles. The van der Waals surface area contributed by atoms with E-state index < -0.39 is 17.6 Å². The van der Waals surface area contributed by atoms with Crippen LogP contribution in [-0.2, 0) is 6.18 Å². The number of methoxy groups -OCH3 is 2. The van der Waals surface area contributed by atoms with Crippen molar-refractivity contribution in [1.29, 1.82) is 0 Å². The molecule has 146 valence electrons. The summed E-state index contributed by atoms with van der Waals surface area (Å²) in [5.74, 6) is 0.306. The van der Waals surface area contributed by atoms with E-state index in [9.17, 15) is 18.0 Å². The minimum atomic E-state index is -4.58. The lowest BCUT2D eigenvalue weighted by Crippen LogP contribution is -2.16. The predicted molar refractivity (Wildman–Crippen MR) is 96.5 cm³/mol. The predicted octanol–water partition coefficient (Wildman–Crippen LogP) is 4.37. The number of amides is 1. The van der Waals surface area contributed by atoms with E-state index in [1.807, 2.05) is 0 Å². The molecule has 2 N–H and O–H groups in total. The lowest BCUT2D eigenvalue weighted by atomic mass is 10.1. The van der Waals surface area contributed by atoms with Gasteiger partial charge in [0.15, 0.2) is 0 Å². The highest BCUT2D eigenvalue weighted by Gasteiger charge is 2.33. The van der Waals surface area contributed by atoms with Crippen LogP contribution in [0.3, 0.4) is 0 Å². The van der Waals surface area contributed by atoms with Crippen LogP contribution in [0.4, 0.5) is 18.9 Å². The maximum absolute atomic E-state index is 13.1. The van der Waals surface area contributed by atoms with Crippen molar-refractivity contribution in [2.24, 2.45) is 0 Å². The summed E-state index contributed by atoms with van der Waals surface area (Å²) in [6.07, 6.45) is -4.58. The Kier molecular flexibility index (Phi) is 5.25. The molecule has 2 aromatic carbocycles. The van der Waals surface area contributed by atoms with Gasteiger partial charge in [-0.05, 0) is 30.3 Å². The second-order valence-electron chi connectivity index (χ2n) is 5.73. The van der Waals surface area contributed by atoms with Crippen LogP contribution < -0.4 is 14.8 Å². The van der Waals surface area contributed by atoms with Crippen molar-refractivity contribution in [3.05, 3.63) is 59.8 Å². The van der Waals surface area contributed by atoms with Crippen LogP contribution in [0.2, 0.25) is 0 Å². The van der Waals surface area contributed by atoms with Crippen LogP contribution in [-0.4, -0.2) is 30.3 Å². The molecule has 28 heavy (non-hydrogen) atoms. The summed E-state index contributed by atoms with van der Waals surface area (Å²) in [5.41, 5.74) is -0.272. The average Bonchev–Trinajstić information content (AvgIpc) is 3.17. The maximum atomic E-state index is 13.1. The van der Waals surface area contributed by atoms with Gasteiger partial charge in [-0.25, -0.2) is 0 Å². The van der Waals surface area contributed by atoms with Crippen molar-refractivity contribution in [2.45, 2.75) is 6.18 Å². The molecule has 0 radical (unpaired) electrons. The molecule has 0 aliphatic rings. The highest BCUT2D eigenvalue weighted by molar-refractivity contribution is 6.04. The van der Waals surface area contributed by atoms with Crippen LogP contribution >= 0.6 is 0 Å². The molecule has 0 unspecified atom stereocenters. The Hall–Kier alpha value is -3.49. The number of hydrogen-bond donors (Lipinski definition) is 2. The minimum absolute atomic E-state index is 0.00449. The Labute approximate surface area is 158 Å². The summed E-state index contributed by atoms with van der Waals surface area (Å²) in [5, 5.41) is 8.85. The third kappa shape index (κ3) is 3.93. The van der Waals surface area contributed by atoms with Crippen molar-refractivity contribution in [2.75, 3.05) is 19.5 Å². The lowest BCUT2D eigenvalue weighted by molar-refractivity contribution is -0.136. The molecule has 1 amide bonds. The molecule has 0 bridgehead atoms. The second kappa shape index (κ2) is 7.63. The van der Waals surface area contributed by atoms with Gasteiger partial charge >= 0.3 is 6.18 Å². The maximum Gasteiger partial charge on any atom is 0.418 e. The third-order valence-electron chi connectivity index (χ3n) is 3.99. The molecule has 0 spiro atoms. The molecule has 9 heteroatoms. The van der Waals surface area contributed by atoms with E-state index in [4.69, 9.17) is 9.47 Å². The molecule has 0 saturated heterocycles. The summed E-state index contributed by atoms with van der Waals surface area (Å²) < 4.78 is 49.7. The number of halogens is 3. The van der Waals surface area contributed by atoms with E-state index >= 15 is 0 Å². The minimum Gasteiger partial charge on any atom is -0.497 e. The standard InChI is InChI=1S/C19H16F3N3O3/c1-27-11-7-8-12(17(9-11)28-2)15-10-16(25-24-15)18(26)23-14-6-4-3-5-13(14)19(20,21)22/h3-10H,1-2H3,(H,23,26)(H,24,25). The smallest absolute Gasteiger partial charge is 0.418 e. The highest BCUT2D eigenvalue weighted by atomic mass is 19.4. The van der Waals surface area contributed by atoms with Crippen LogP contribution in [0.1, 0.15) is 16.1 Å². The van der Waals surface area contributed by atoms with E-state index in [0.717, 1.165) is 6.07 Å². The van der Waals surface area contributed by atoms with Crippen molar-refractivity contribution < 1.29 is 27.4 Å². The first-order chi connectivity index (χ1) is 13.3. The molecule has 1 aromatic heterocycles. The molecule has 3 aromatic rings. The van der Waals surface area contributed by atoms with Gasteiger partial charge in [0.25, 0.3) is 5.91 Å². The van der Waals surface area contributed by atoms with Crippen molar-refractivity contribution in [1.82, 2.24) is 10.2 Å². The first-order valence-corrected chi connectivity index (χ1v) is 8.09. The lowest BCUT2D eigenvalue weighted by Gasteiger charge is -2.12. The van der Waals surface area contributed by atoms with Gasteiger partial charge in [-0.3, -0.25) is 9.89 Å². The van der Waals surface area contributed by atoms with E-state index in [0.29, 0.717) is 22.8 Å². The van der Waals surface area contributed by atoms with Crippen LogP contribution in [0.25, 0.3) is 11.3 Å². The van der Waals surface area contributed by atoms with Crippen LogP contribution in [0, 0.1) is 0 Å². The van der Waals surface area contributed by atoms with E-state index in [1.54, 1.807) is 18.2 Å². The number of alkyl halides is 3. The molecule has 0 aliphatic carbocycles. The molecule has 3 rings (SSSR count).